The van der Waals surface area contributed by atoms with Crippen molar-refractivity contribution in [1.29, 1.82) is 0 Å². The highest BCUT2D eigenvalue weighted by molar-refractivity contribution is 6.16. The highest BCUT2D eigenvalue weighted by atomic mass is 35.5. The summed E-state index contributed by atoms with van der Waals surface area (Å²) in [6, 6.07) is 4.43. The van der Waals surface area contributed by atoms with E-state index in [1.54, 1.807) is 0 Å². The van der Waals surface area contributed by atoms with Crippen molar-refractivity contribution in [1.82, 2.24) is 10.6 Å². The Labute approximate surface area is 142 Å². The van der Waals surface area contributed by atoms with E-state index in [0.29, 0.717) is 13.1 Å². The zero-order valence-electron chi connectivity index (χ0n) is 12.7. The molecule has 3 N–H and O–H groups in total. The van der Waals surface area contributed by atoms with Gasteiger partial charge in [0.1, 0.15) is 17.4 Å². The van der Waals surface area contributed by atoms with Crippen LogP contribution in [0.1, 0.15) is 17.1 Å². The molecular weight excluding hydrogens is 342 g/mol. The van der Waals surface area contributed by atoms with E-state index in [4.69, 9.17) is 16.0 Å². The minimum atomic E-state index is -0.548. The molecule has 0 saturated carbocycles. The van der Waals surface area contributed by atoms with Gasteiger partial charge in [-0.3, -0.25) is 4.79 Å². The van der Waals surface area contributed by atoms with E-state index < -0.39 is 22.8 Å². The minimum absolute atomic E-state index is 0.0310. The van der Waals surface area contributed by atoms with Crippen LogP contribution in [0.2, 0.25) is 0 Å². The molecule has 1 aromatic carbocycles. The van der Waals surface area contributed by atoms with Crippen molar-refractivity contribution in [2.24, 2.45) is 0 Å². The Morgan fingerprint density at radius 2 is 1.83 bits per heavy atom. The van der Waals surface area contributed by atoms with Crippen LogP contribution in [0.15, 0.2) is 33.5 Å². The molecule has 0 radical (unpaired) electrons. The third kappa shape index (κ3) is 5.02. The lowest BCUT2D eigenvalue weighted by molar-refractivity contribution is 0.376. The first kappa shape index (κ1) is 18.4. The summed E-state index contributed by atoms with van der Waals surface area (Å²) in [6.45, 7) is 1.26. The second-order valence-electron chi connectivity index (χ2n) is 5.07. The fourth-order valence-electron chi connectivity index (χ4n) is 2.05. The number of hydrogen-bond acceptors (Lipinski definition) is 5. The molecule has 0 amide bonds. The van der Waals surface area contributed by atoms with Gasteiger partial charge < -0.3 is 20.2 Å². The van der Waals surface area contributed by atoms with Crippen LogP contribution >= 0.6 is 11.6 Å². The first-order valence-corrected chi connectivity index (χ1v) is 7.81. The number of halogens is 3. The summed E-state index contributed by atoms with van der Waals surface area (Å²) in [7, 11) is 0. The molecule has 0 aliphatic heterocycles. The maximum Gasteiger partial charge on any atom is 0.227 e. The largest absolute Gasteiger partial charge is 0.502 e. The molecule has 0 aliphatic carbocycles. The first-order chi connectivity index (χ1) is 11.5. The topological polar surface area (TPSA) is 74.5 Å². The predicted octanol–water partition coefficient (Wildman–Crippen LogP) is 2.24. The molecule has 0 aliphatic rings. The van der Waals surface area contributed by atoms with Gasteiger partial charge in [0.15, 0.2) is 5.76 Å². The SMILES string of the molecule is O=c1cc(CCl)oc(CNCCNCc2cc(F)ccc2F)c1O. The van der Waals surface area contributed by atoms with E-state index in [1.807, 2.05) is 0 Å². The van der Waals surface area contributed by atoms with E-state index in [9.17, 15) is 18.7 Å². The average molecular weight is 359 g/mol. The van der Waals surface area contributed by atoms with E-state index in [0.717, 1.165) is 24.3 Å². The Morgan fingerprint density at radius 3 is 2.54 bits per heavy atom. The number of alkyl halides is 1. The Kier molecular flexibility index (Phi) is 6.72. The van der Waals surface area contributed by atoms with Crippen LogP contribution in [0, 0.1) is 11.6 Å². The van der Waals surface area contributed by atoms with E-state index in [-0.39, 0.29) is 36.1 Å². The van der Waals surface area contributed by atoms with Crippen molar-refractivity contribution in [2.75, 3.05) is 13.1 Å². The summed E-state index contributed by atoms with van der Waals surface area (Å²) in [4.78, 5) is 11.5. The number of nitrogens with one attached hydrogen (secondary N) is 2. The van der Waals surface area contributed by atoms with Gasteiger partial charge in [-0.1, -0.05) is 0 Å². The maximum absolute atomic E-state index is 13.4. The van der Waals surface area contributed by atoms with Crippen LogP contribution in [0.25, 0.3) is 0 Å². The van der Waals surface area contributed by atoms with Crippen LogP contribution in [-0.2, 0) is 19.0 Å². The summed E-state index contributed by atoms with van der Waals surface area (Å²) in [5.74, 6) is -1.00. The monoisotopic (exact) mass is 358 g/mol. The second-order valence-corrected chi connectivity index (χ2v) is 5.34. The second kappa shape index (κ2) is 8.77. The van der Waals surface area contributed by atoms with Crippen molar-refractivity contribution in [3.63, 3.8) is 0 Å². The van der Waals surface area contributed by atoms with Gasteiger partial charge in [0.25, 0.3) is 0 Å². The van der Waals surface area contributed by atoms with Crippen LogP contribution in [0.5, 0.6) is 5.75 Å². The van der Waals surface area contributed by atoms with E-state index in [2.05, 4.69) is 10.6 Å². The third-order valence-corrected chi connectivity index (χ3v) is 3.53. The van der Waals surface area contributed by atoms with Crippen LogP contribution in [0.3, 0.4) is 0 Å². The van der Waals surface area contributed by atoms with Crippen molar-refractivity contribution >= 4 is 11.6 Å². The molecule has 0 saturated heterocycles. The molecule has 0 fully saturated rings. The lowest BCUT2D eigenvalue weighted by Gasteiger charge is -2.09. The standard InChI is InChI=1S/C16H17ClF2N2O3/c17-7-12-6-14(22)16(23)15(24-12)9-21-4-3-20-8-10-5-11(18)1-2-13(10)19/h1-2,5-6,20-21,23H,3-4,7-9H2. The molecule has 0 spiro atoms. The quantitative estimate of drug-likeness (QED) is 0.498. The van der Waals surface area contributed by atoms with Gasteiger partial charge in [-0.2, -0.15) is 0 Å². The van der Waals surface area contributed by atoms with Crippen molar-refractivity contribution in [2.45, 2.75) is 19.0 Å². The van der Waals surface area contributed by atoms with Crippen molar-refractivity contribution in [3.8, 4) is 5.75 Å². The minimum Gasteiger partial charge on any atom is -0.502 e. The third-order valence-electron chi connectivity index (χ3n) is 3.26. The van der Waals surface area contributed by atoms with Crippen molar-refractivity contribution < 1.29 is 18.3 Å². The molecule has 1 aromatic heterocycles. The Morgan fingerprint density at radius 1 is 1.12 bits per heavy atom. The number of rotatable bonds is 8. The molecule has 0 unspecified atom stereocenters. The van der Waals surface area contributed by atoms with Crippen LogP contribution in [-0.4, -0.2) is 18.2 Å². The molecule has 0 bridgehead atoms. The summed E-state index contributed by atoms with van der Waals surface area (Å²) in [5, 5.41) is 15.6. The molecule has 2 rings (SSSR count). The van der Waals surface area contributed by atoms with Gasteiger partial charge in [0, 0.05) is 31.3 Å². The first-order valence-electron chi connectivity index (χ1n) is 7.27. The van der Waals surface area contributed by atoms with Gasteiger partial charge >= 0.3 is 0 Å². The van der Waals surface area contributed by atoms with Gasteiger partial charge in [-0.25, -0.2) is 8.78 Å². The highest BCUT2D eigenvalue weighted by Crippen LogP contribution is 2.14. The van der Waals surface area contributed by atoms with Gasteiger partial charge in [-0.05, 0) is 18.2 Å². The fourth-order valence-corrected chi connectivity index (χ4v) is 2.19. The van der Waals surface area contributed by atoms with Gasteiger partial charge in [0.2, 0.25) is 11.2 Å². The van der Waals surface area contributed by atoms with Gasteiger partial charge in [0.05, 0.1) is 12.4 Å². The molecule has 1 heterocycles. The molecule has 130 valence electrons. The maximum atomic E-state index is 13.4. The Balaban J connectivity index is 1.77. The fraction of sp³-hybridized carbons (Fsp3) is 0.312. The normalized spacial score (nSPS) is 11.0. The number of benzene rings is 1. The Bertz CT molecular complexity index is 753. The summed E-state index contributed by atoms with van der Waals surface area (Å²) in [6.07, 6.45) is 0. The molecule has 8 heteroatoms. The highest BCUT2D eigenvalue weighted by Gasteiger charge is 2.10. The molecule has 2 aromatic rings. The summed E-state index contributed by atoms with van der Waals surface area (Å²) >= 11 is 5.61. The van der Waals surface area contributed by atoms with E-state index in [1.165, 1.54) is 0 Å². The molecule has 5 nitrogen and oxygen atoms in total. The molecular formula is C16H17ClF2N2O3. The lowest BCUT2D eigenvalue weighted by Crippen LogP contribution is -2.27. The zero-order chi connectivity index (χ0) is 17.5. The van der Waals surface area contributed by atoms with Crippen molar-refractivity contribution in [3.05, 3.63) is 63.2 Å². The number of hydrogen-bond donors (Lipinski definition) is 3. The average Bonchev–Trinajstić information content (AvgIpc) is 2.57. The Hall–Kier alpha value is -1.96. The lowest BCUT2D eigenvalue weighted by atomic mass is 10.2. The predicted molar refractivity (Wildman–Crippen MR) is 86.0 cm³/mol. The summed E-state index contributed by atoms with van der Waals surface area (Å²) in [5.41, 5.74) is -0.304. The zero-order valence-corrected chi connectivity index (χ0v) is 13.5. The summed E-state index contributed by atoms with van der Waals surface area (Å²) < 4.78 is 31.7. The van der Waals surface area contributed by atoms with Gasteiger partial charge in [-0.15, -0.1) is 11.6 Å². The molecule has 24 heavy (non-hydrogen) atoms. The van der Waals surface area contributed by atoms with Crippen LogP contribution in [0.4, 0.5) is 8.78 Å². The molecule has 0 atom stereocenters. The number of aromatic hydroxyl groups is 1. The van der Waals surface area contributed by atoms with E-state index >= 15 is 0 Å². The van der Waals surface area contributed by atoms with Crippen LogP contribution < -0.4 is 16.1 Å². The smallest absolute Gasteiger partial charge is 0.227 e.